The third-order valence-electron chi connectivity index (χ3n) is 5.34. The fourth-order valence-electron chi connectivity index (χ4n) is 3.87. The molecule has 29 heavy (non-hydrogen) atoms. The highest BCUT2D eigenvalue weighted by molar-refractivity contribution is 7.20. The van der Waals surface area contributed by atoms with Crippen LogP contribution >= 0.6 is 22.7 Å². The molecule has 1 fully saturated rings. The Morgan fingerprint density at radius 1 is 1.28 bits per heavy atom. The fourth-order valence-corrected chi connectivity index (χ4v) is 5.78. The van der Waals surface area contributed by atoms with Crippen molar-refractivity contribution in [2.75, 3.05) is 13.1 Å². The summed E-state index contributed by atoms with van der Waals surface area (Å²) in [6.45, 7) is 3.42. The van der Waals surface area contributed by atoms with Crippen LogP contribution in [0.3, 0.4) is 0 Å². The molecule has 4 heterocycles. The van der Waals surface area contributed by atoms with Gasteiger partial charge in [-0.05, 0) is 50.1 Å². The first kappa shape index (κ1) is 18.4. The van der Waals surface area contributed by atoms with E-state index in [-0.39, 0.29) is 11.7 Å². The summed E-state index contributed by atoms with van der Waals surface area (Å²) >= 11 is 3.11. The Bertz CT molecular complexity index is 1160. The van der Waals surface area contributed by atoms with Crippen molar-refractivity contribution in [3.8, 4) is 5.69 Å². The molecule has 0 saturated carbocycles. The Labute approximate surface area is 175 Å². The Morgan fingerprint density at radius 2 is 2.10 bits per heavy atom. The first-order valence-corrected chi connectivity index (χ1v) is 11.2. The summed E-state index contributed by atoms with van der Waals surface area (Å²) in [6, 6.07) is 8.18. The van der Waals surface area contributed by atoms with Crippen LogP contribution in [0.15, 0.2) is 41.9 Å². The second kappa shape index (κ2) is 7.35. The quantitative estimate of drug-likeness (QED) is 0.463. The maximum atomic E-state index is 13.3. The summed E-state index contributed by atoms with van der Waals surface area (Å²) in [5.74, 6) is 0.104. The number of hydrogen-bond acceptors (Lipinski definition) is 5. The lowest BCUT2D eigenvalue weighted by molar-refractivity contribution is 0.0712. The molecule has 1 aliphatic heterocycles. The van der Waals surface area contributed by atoms with Gasteiger partial charge in [0.1, 0.15) is 10.6 Å². The van der Waals surface area contributed by atoms with Gasteiger partial charge >= 0.3 is 0 Å². The average molecular weight is 427 g/mol. The van der Waals surface area contributed by atoms with Crippen LogP contribution in [0.5, 0.6) is 0 Å². The highest BCUT2D eigenvalue weighted by Crippen LogP contribution is 2.33. The minimum atomic E-state index is -0.282. The van der Waals surface area contributed by atoms with E-state index in [4.69, 9.17) is 0 Å². The van der Waals surface area contributed by atoms with Crippen LogP contribution in [0.1, 0.15) is 39.1 Å². The minimum Gasteiger partial charge on any atom is -0.337 e. The number of carbonyl (C=O) groups is 1. The van der Waals surface area contributed by atoms with Crippen LogP contribution in [0.4, 0.5) is 4.39 Å². The molecule has 3 aromatic heterocycles. The van der Waals surface area contributed by atoms with Crippen LogP contribution in [0.2, 0.25) is 0 Å². The zero-order valence-electron chi connectivity index (χ0n) is 15.8. The Morgan fingerprint density at radius 3 is 2.86 bits per heavy atom. The van der Waals surface area contributed by atoms with E-state index in [1.165, 1.54) is 23.5 Å². The standard InChI is InChI=1S/C21H19FN4OS2/c1-13-17-11-18(29-21(17)26(24-13)16-6-4-15(22)5-7-16)20(27)25-9-2-3-14(12-25)19-23-8-10-28-19/h4-8,10-11,14H,2-3,9,12H2,1H3. The number of piperidine rings is 1. The van der Waals surface area contributed by atoms with Crippen molar-refractivity contribution in [1.29, 1.82) is 0 Å². The van der Waals surface area contributed by atoms with Gasteiger partial charge in [0.05, 0.1) is 21.3 Å². The molecule has 1 saturated heterocycles. The number of amides is 1. The van der Waals surface area contributed by atoms with Crippen molar-refractivity contribution in [3.05, 3.63) is 63.3 Å². The van der Waals surface area contributed by atoms with Crippen LogP contribution in [0, 0.1) is 12.7 Å². The smallest absolute Gasteiger partial charge is 0.264 e. The second-order valence-corrected chi connectivity index (χ2v) is 9.22. The maximum Gasteiger partial charge on any atom is 0.264 e. The SMILES string of the molecule is Cc1nn(-c2ccc(F)cc2)c2sc(C(=O)N3CCCC(c4nccs4)C3)cc12. The number of aromatic nitrogens is 3. The number of benzene rings is 1. The fraction of sp³-hybridized carbons (Fsp3) is 0.286. The molecule has 0 radical (unpaired) electrons. The maximum absolute atomic E-state index is 13.3. The summed E-state index contributed by atoms with van der Waals surface area (Å²) in [4.78, 5) is 21.2. The molecule has 0 aliphatic carbocycles. The number of likely N-dealkylation sites (tertiary alicyclic amines) is 1. The third kappa shape index (κ3) is 3.36. The molecular weight excluding hydrogens is 407 g/mol. The van der Waals surface area contributed by atoms with Gasteiger partial charge in [0, 0.05) is 36.0 Å². The van der Waals surface area contributed by atoms with E-state index in [1.807, 2.05) is 29.5 Å². The zero-order chi connectivity index (χ0) is 20.0. The van der Waals surface area contributed by atoms with Crippen LogP contribution in [-0.2, 0) is 0 Å². The average Bonchev–Trinajstić information content (AvgIpc) is 3.47. The Balaban J connectivity index is 1.45. The lowest BCUT2D eigenvalue weighted by atomic mass is 9.98. The molecule has 8 heteroatoms. The molecule has 5 rings (SSSR count). The first-order chi connectivity index (χ1) is 14.1. The van der Waals surface area contributed by atoms with E-state index in [0.29, 0.717) is 12.5 Å². The lowest BCUT2D eigenvalue weighted by Crippen LogP contribution is -2.38. The van der Waals surface area contributed by atoms with Crippen molar-refractivity contribution in [2.45, 2.75) is 25.7 Å². The molecule has 1 aromatic carbocycles. The highest BCUT2D eigenvalue weighted by atomic mass is 32.1. The number of halogens is 1. The molecule has 1 atom stereocenters. The molecule has 148 valence electrons. The molecule has 0 N–H and O–H groups in total. The summed E-state index contributed by atoms with van der Waals surface area (Å²) in [7, 11) is 0. The van der Waals surface area contributed by atoms with E-state index in [0.717, 1.165) is 50.9 Å². The van der Waals surface area contributed by atoms with Gasteiger partial charge in [0.2, 0.25) is 0 Å². The van der Waals surface area contributed by atoms with Gasteiger partial charge in [-0.15, -0.1) is 22.7 Å². The van der Waals surface area contributed by atoms with Crippen LogP contribution in [-0.4, -0.2) is 38.7 Å². The molecule has 1 aliphatic rings. The van der Waals surface area contributed by atoms with Crippen molar-refractivity contribution in [3.63, 3.8) is 0 Å². The number of thiophene rings is 1. The van der Waals surface area contributed by atoms with E-state index in [2.05, 4.69) is 10.1 Å². The number of fused-ring (bicyclic) bond motifs is 1. The van der Waals surface area contributed by atoms with Crippen LogP contribution < -0.4 is 0 Å². The Hall–Kier alpha value is -2.58. The normalized spacial score (nSPS) is 17.2. The number of carbonyl (C=O) groups excluding carboxylic acids is 1. The lowest BCUT2D eigenvalue weighted by Gasteiger charge is -2.31. The molecule has 5 nitrogen and oxygen atoms in total. The van der Waals surface area contributed by atoms with Gasteiger partial charge in [0.15, 0.2) is 0 Å². The van der Waals surface area contributed by atoms with E-state index in [1.54, 1.807) is 28.2 Å². The molecule has 1 unspecified atom stereocenters. The monoisotopic (exact) mass is 426 g/mol. The second-order valence-electron chi connectivity index (χ2n) is 7.26. The van der Waals surface area contributed by atoms with Crippen molar-refractivity contribution in [2.24, 2.45) is 0 Å². The van der Waals surface area contributed by atoms with Gasteiger partial charge in [0.25, 0.3) is 5.91 Å². The van der Waals surface area contributed by atoms with Crippen LogP contribution in [0.25, 0.3) is 15.9 Å². The van der Waals surface area contributed by atoms with E-state index in [9.17, 15) is 9.18 Å². The van der Waals surface area contributed by atoms with Gasteiger partial charge in [-0.3, -0.25) is 4.79 Å². The number of nitrogens with zero attached hydrogens (tertiary/aromatic N) is 4. The van der Waals surface area contributed by atoms with Gasteiger partial charge in [-0.1, -0.05) is 0 Å². The van der Waals surface area contributed by atoms with Crippen molar-refractivity contribution in [1.82, 2.24) is 19.7 Å². The molecule has 0 spiro atoms. The summed E-state index contributed by atoms with van der Waals surface area (Å²) < 4.78 is 15.1. The van der Waals surface area contributed by atoms with E-state index < -0.39 is 0 Å². The molecule has 4 aromatic rings. The zero-order valence-corrected chi connectivity index (χ0v) is 17.5. The number of aryl methyl sites for hydroxylation is 1. The third-order valence-corrected chi connectivity index (χ3v) is 7.37. The molecule has 1 amide bonds. The molecular formula is C21H19FN4OS2. The summed E-state index contributed by atoms with van der Waals surface area (Å²) in [6.07, 6.45) is 3.89. The highest BCUT2D eigenvalue weighted by Gasteiger charge is 2.28. The predicted molar refractivity (Wildman–Crippen MR) is 114 cm³/mol. The van der Waals surface area contributed by atoms with Gasteiger partial charge in [-0.25, -0.2) is 14.1 Å². The predicted octanol–water partition coefficient (Wildman–Crippen LogP) is 5.01. The number of hydrogen-bond donors (Lipinski definition) is 0. The molecule has 0 bridgehead atoms. The van der Waals surface area contributed by atoms with Crippen molar-refractivity contribution < 1.29 is 9.18 Å². The van der Waals surface area contributed by atoms with E-state index >= 15 is 0 Å². The minimum absolute atomic E-state index is 0.0671. The van der Waals surface area contributed by atoms with Crippen molar-refractivity contribution >= 4 is 38.8 Å². The first-order valence-electron chi connectivity index (χ1n) is 9.54. The number of thiazole rings is 1. The summed E-state index contributed by atoms with van der Waals surface area (Å²) in [5.41, 5.74) is 1.64. The van der Waals surface area contributed by atoms with Gasteiger partial charge in [-0.2, -0.15) is 5.10 Å². The topological polar surface area (TPSA) is 51.0 Å². The van der Waals surface area contributed by atoms with Gasteiger partial charge < -0.3 is 4.90 Å². The Kier molecular flexibility index (Phi) is 4.67. The number of rotatable bonds is 3. The largest absolute Gasteiger partial charge is 0.337 e. The summed E-state index contributed by atoms with van der Waals surface area (Å²) in [5, 5.41) is 8.65.